The topological polar surface area (TPSA) is 139 Å². The van der Waals surface area contributed by atoms with Gasteiger partial charge in [-0.1, -0.05) is 43.6 Å². The number of nitro groups is 1. The van der Waals surface area contributed by atoms with Crippen LogP contribution >= 0.6 is 11.6 Å². The minimum Gasteiger partial charge on any atom is -0.495 e. The Morgan fingerprint density at radius 1 is 1.16 bits per heavy atom. The van der Waals surface area contributed by atoms with Crippen molar-refractivity contribution in [3.8, 4) is 5.75 Å². The van der Waals surface area contributed by atoms with Gasteiger partial charge < -0.3 is 15.0 Å². The third-order valence-electron chi connectivity index (χ3n) is 6.01. The van der Waals surface area contributed by atoms with Gasteiger partial charge in [0.15, 0.2) is 0 Å². The molecule has 0 aliphatic heterocycles. The monoisotopic (exact) mass is 568 g/mol. The summed E-state index contributed by atoms with van der Waals surface area (Å²) in [6.07, 6.45) is 1.80. The molecule has 38 heavy (non-hydrogen) atoms. The summed E-state index contributed by atoms with van der Waals surface area (Å²) >= 11 is 6.34. The molecular weight excluding hydrogens is 536 g/mol. The van der Waals surface area contributed by atoms with Crippen molar-refractivity contribution < 1.29 is 27.7 Å². The Morgan fingerprint density at radius 3 is 2.34 bits per heavy atom. The molecule has 0 radical (unpaired) electrons. The second-order valence-corrected chi connectivity index (χ2v) is 11.1. The van der Waals surface area contributed by atoms with Crippen LogP contribution in [0.4, 0.5) is 11.4 Å². The molecule has 0 bridgehead atoms. The molecule has 0 saturated heterocycles. The van der Waals surface area contributed by atoms with Crippen molar-refractivity contribution in [3.63, 3.8) is 0 Å². The van der Waals surface area contributed by atoms with Crippen molar-refractivity contribution in [1.82, 2.24) is 10.2 Å². The molecule has 208 valence electrons. The van der Waals surface area contributed by atoms with E-state index in [0.29, 0.717) is 17.0 Å². The molecule has 0 saturated carbocycles. The van der Waals surface area contributed by atoms with E-state index in [4.69, 9.17) is 16.3 Å². The number of non-ortho nitro benzene ring substituents is 1. The molecule has 2 aromatic carbocycles. The zero-order valence-corrected chi connectivity index (χ0v) is 23.6. The SMILES string of the molecule is CC[C@H](C)NC(=O)[C@H](CC)N(Cc1ccccc1Cl)C(=O)CN(c1cc([N+](=O)[O-])ccc1OC)S(C)(=O)=O. The number of rotatable bonds is 13. The van der Waals surface area contributed by atoms with E-state index in [-0.39, 0.29) is 42.0 Å². The molecule has 13 heteroatoms. The molecule has 0 heterocycles. The van der Waals surface area contributed by atoms with E-state index in [1.54, 1.807) is 31.2 Å². The molecule has 0 aromatic heterocycles. The first-order chi connectivity index (χ1) is 17.8. The van der Waals surface area contributed by atoms with Crippen molar-refractivity contribution >= 4 is 44.8 Å². The molecule has 2 aromatic rings. The average molecular weight is 569 g/mol. The number of ether oxygens (including phenoxy) is 1. The quantitative estimate of drug-likeness (QED) is 0.287. The highest BCUT2D eigenvalue weighted by Gasteiger charge is 2.33. The summed E-state index contributed by atoms with van der Waals surface area (Å²) in [5.74, 6) is -1.07. The second-order valence-electron chi connectivity index (χ2n) is 8.74. The van der Waals surface area contributed by atoms with Crippen molar-refractivity contribution in [2.75, 3.05) is 24.2 Å². The van der Waals surface area contributed by atoms with Gasteiger partial charge in [0, 0.05) is 29.7 Å². The lowest BCUT2D eigenvalue weighted by molar-refractivity contribution is -0.384. The summed E-state index contributed by atoms with van der Waals surface area (Å²) in [5, 5.41) is 14.6. The first kappa shape index (κ1) is 30.8. The Kier molecular flexibility index (Phi) is 10.9. The van der Waals surface area contributed by atoms with Crippen molar-refractivity contribution in [3.05, 3.63) is 63.2 Å². The van der Waals surface area contributed by atoms with Crippen LogP contribution in [0, 0.1) is 10.1 Å². The molecule has 0 fully saturated rings. The normalized spacial score (nSPS) is 12.8. The second kappa shape index (κ2) is 13.4. The number of nitrogens with one attached hydrogen (secondary N) is 1. The molecule has 1 N–H and O–H groups in total. The van der Waals surface area contributed by atoms with Gasteiger partial charge in [0.25, 0.3) is 5.69 Å². The van der Waals surface area contributed by atoms with Crippen LogP contribution in [0.1, 0.15) is 39.2 Å². The van der Waals surface area contributed by atoms with E-state index in [2.05, 4.69) is 5.32 Å². The van der Waals surface area contributed by atoms with Gasteiger partial charge in [0.1, 0.15) is 24.0 Å². The molecule has 11 nitrogen and oxygen atoms in total. The van der Waals surface area contributed by atoms with Gasteiger partial charge in [0.2, 0.25) is 21.8 Å². The third-order valence-corrected chi connectivity index (χ3v) is 7.50. The van der Waals surface area contributed by atoms with E-state index < -0.39 is 33.4 Å². The van der Waals surface area contributed by atoms with Crippen LogP contribution in [0.25, 0.3) is 0 Å². The number of benzene rings is 2. The fourth-order valence-corrected chi connectivity index (χ4v) is 4.79. The van der Waals surface area contributed by atoms with Crippen LogP contribution in [0.3, 0.4) is 0 Å². The lowest BCUT2D eigenvalue weighted by atomic mass is 10.1. The number of hydrogen-bond acceptors (Lipinski definition) is 7. The molecule has 2 rings (SSSR count). The summed E-state index contributed by atoms with van der Waals surface area (Å²) in [6.45, 7) is 4.70. The molecule has 0 unspecified atom stereocenters. The highest BCUT2D eigenvalue weighted by atomic mass is 35.5. The average Bonchev–Trinajstić information content (AvgIpc) is 2.86. The smallest absolute Gasteiger partial charge is 0.271 e. The number of methoxy groups -OCH3 is 1. The number of hydrogen-bond donors (Lipinski definition) is 1. The highest BCUT2D eigenvalue weighted by Crippen LogP contribution is 2.34. The summed E-state index contributed by atoms with van der Waals surface area (Å²) < 4.78 is 31.7. The molecule has 0 spiro atoms. The zero-order valence-electron chi connectivity index (χ0n) is 22.0. The molecular formula is C25H33ClN4O7S. The first-order valence-corrected chi connectivity index (χ1v) is 14.2. The Balaban J connectivity index is 2.58. The Hall–Kier alpha value is -3.38. The van der Waals surface area contributed by atoms with Crippen LogP contribution in [0.2, 0.25) is 5.02 Å². The Labute approximate surface area is 227 Å². The maximum atomic E-state index is 13.8. The van der Waals surface area contributed by atoms with Gasteiger partial charge in [-0.2, -0.15) is 0 Å². The van der Waals surface area contributed by atoms with Gasteiger partial charge in [-0.3, -0.25) is 24.0 Å². The Morgan fingerprint density at radius 2 is 1.82 bits per heavy atom. The number of nitro benzene ring substituents is 1. The van der Waals surface area contributed by atoms with Crippen LogP contribution in [0.15, 0.2) is 42.5 Å². The largest absolute Gasteiger partial charge is 0.495 e. The van der Waals surface area contributed by atoms with Gasteiger partial charge in [0.05, 0.1) is 18.3 Å². The van der Waals surface area contributed by atoms with Gasteiger partial charge in [-0.15, -0.1) is 0 Å². The minimum atomic E-state index is -4.12. The highest BCUT2D eigenvalue weighted by molar-refractivity contribution is 7.92. The van der Waals surface area contributed by atoms with Crippen LogP contribution in [0.5, 0.6) is 5.75 Å². The van der Waals surface area contributed by atoms with Gasteiger partial charge in [-0.05, 0) is 37.5 Å². The number of nitrogens with zero attached hydrogens (tertiary/aromatic N) is 3. The first-order valence-electron chi connectivity index (χ1n) is 12.0. The maximum Gasteiger partial charge on any atom is 0.271 e. The standard InChI is InChI=1S/C25H33ClN4O7S/c1-6-17(3)27-25(32)21(7-2)28(15-18-10-8-9-11-20(18)26)24(31)16-29(38(5,35)36)22-14-19(30(33)34)12-13-23(22)37-4/h8-14,17,21H,6-7,15-16H2,1-5H3,(H,27,32)/t17-,21-/m0/s1. The summed E-state index contributed by atoms with van der Waals surface area (Å²) in [4.78, 5) is 38.9. The van der Waals surface area contributed by atoms with Crippen molar-refractivity contribution in [2.24, 2.45) is 0 Å². The number of anilines is 1. The minimum absolute atomic E-state index is 0.0213. The van der Waals surface area contributed by atoms with E-state index in [0.717, 1.165) is 16.6 Å². The van der Waals surface area contributed by atoms with Crippen molar-refractivity contribution in [2.45, 2.75) is 52.2 Å². The lowest BCUT2D eigenvalue weighted by Crippen LogP contribution is -2.53. The summed E-state index contributed by atoms with van der Waals surface area (Å²) in [7, 11) is -2.84. The Bertz CT molecular complexity index is 1270. The fraction of sp³-hybridized carbons (Fsp3) is 0.440. The molecule has 2 amide bonds. The predicted octanol–water partition coefficient (Wildman–Crippen LogP) is 3.74. The number of sulfonamides is 1. The van der Waals surface area contributed by atoms with Crippen LogP contribution in [-0.2, 0) is 26.2 Å². The number of halogens is 1. The van der Waals surface area contributed by atoms with E-state index in [9.17, 15) is 28.1 Å². The summed E-state index contributed by atoms with van der Waals surface area (Å²) in [5.41, 5.74) is 0.0117. The van der Waals surface area contributed by atoms with E-state index >= 15 is 0 Å². The van der Waals surface area contributed by atoms with E-state index in [1.165, 1.54) is 24.1 Å². The van der Waals surface area contributed by atoms with Crippen LogP contribution in [-0.4, -0.2) is 62.0 Å². The molecule has 0 aliphatic rings. The fourth-order valence-electron chi connectivity index (χ4n) is 3.75. The number of carbonyl (C=O) groups is 2. The van der Waals surface area contributed by atoms with Crippen molar-refractivity contribution in [1.29, 1.82) is 0 Å². The summed E-state index contributed by atoms with van der Waals surface area (Å²) in [6, 6.07) is 9.20. The number of amides is 2. The van der Waals surface area contributed by atoms with E-state index in [1.807, 2.05) is 13.8 Å². The van der Waals surface area contributed by atoms with Gasteiger partial charge in [-0.25, -0.2) is 8.42 Å². The third kappa shape index (κ3) is 7.81. The van der Waals surface area contributed by atoms with Crippen LogP contribution < -0.4 is 14.4 Å². The molecule has 2 atom stereocenters. The lowest BCUT2D eigenvalue weighted by Gasteiger charge is -2.33. The predicted molar refractivity (Wildman–Crippen MR) is 146 cm³/mol. The zero-order chi connectivity index (χ0) is 28.6. The molecule has 0 aliphatic carbocycles. The van der Waals surface area contributed by atoms with Gasteiger partial charge >= 0.3 is 0 Å². The number of carbonyl (C=O) groups excluding carboxylic acids is 2. The maximum absolute atomic E-state index is 13.8.